The van der Waals surface area contributed by atoms with Crippen LogP contribution >= 0.6 is 0 Å². The zero-order chi connectivity index (χ0) is 21.6. The molecule has 1 aromatic carbocycles. The van der Waals surface area contributed by atoms with Gasteiger partial charge in [0, 0.05) is 18.5 Å². The molecule has 3 rings (SSSR count). The van der Waals surface area contributed by atoms with E-state index in [0.29, 0.717) is 25.8 Å². The molecular formula is C22H31NO5S. The highest BCUT2D eigenvalue weighted by molar-refractivity contribution is 7.89. The number of ether oxygens (including phenoxy) is 1. The van der Waals surface area contributed by atoms with Gasteiger partial charge in [0.15, 0.2) is 0 Å². The molecule has 1 saturated heterocycles. The van der Waals surface area contributed by atoms with Crippen LogP contribution < -0.4 is 0 Å². The predicted octanol–water partition coefficient (Wildman–Crippen LogP) is 3.96. The van der Waals surface area contributed by atoms with Crippen molar-refractivity contribution in [3.63, 3.8) is 0 Å². The summed E-state index contributed by atoms with van der Waals surface area (Å²) in [6.45, 7) is 9.53. The number of benzene rings is 1. The summed E-state index contributed by atoms with van der Waals surface area (Å²) < 4.78 is 33.6. The van der Waals surface area contributed by atoms with Crippen molar-refractivity contribution >= 4 is 16.0 Å². The Labute approximate surface area is 173 Å². The summed E-state index contributed by atoms with van der Waals surface area (Å²) in [7, 11) is -3.68. The number of esters is 1. The summed E-state index contributed by atoms with van der Waals surface area (Å²) >= 11 is 0. The predicted molar refractivity (Wildman–Crippen MR) is 111 cm³/mol. The summed E-state index contributed by atoms with van der Waals surface area (Å²) in [4.78, 5) is 12.9. The van der Waals surface area contributed by atoms with Crippen LogP contribution in [-0.2, 0) is 19.6 Å². The summed E-state index contributed by atoms with van der Waals surface area (Å²) in [5.74, 6) is -1.20. The fourth-order valence-corrected chi connectivity index (χ4v) is 6.05. The summed E-state index contributed by atoms with van der Waals surface area (Å²) in [6, 6.07) is 6.47. The Morgan fingerprint density at radius 3 is 2.41 bits per heavy atom. The second-order valence-corrected chi connectivity index (χ2v) is 11.1. The fourth-order valence-electron chi connectivity index (χ4n) is 4.34. The number of hydrogen-bond donors (Lipinski definition) is 1. The highest BCUT2D eigenvalue weighted by atomic mass is 32.2. The second-order valence-electron chi connectivity index (χ2n) is 9.18. The van der Waals surface area contributed by atoms with Gasteiger partial charge in [0.2, 0.25) is 10.0 Å². The van der Waals surface area contributed by atoms with Crippen LogP contribution in [0.25, 0.3) is 0 Å². The van der Waals surface area contributed by atoms with Gasteiger partial charge in [-0.25, -0.2) is 13.2 Å². The lowest BCUT2D eigenvalue weighted by Gasteiger charge is -2.44. The van der Waals surface area contributed by atoms with E-state index in [1.807, 2.05) is 13.8 Å². The number of sulfonamides is 1. The molecule has 0 radical (unpaired) electrons. The zero-order valence-corrected chi connectivity index (χ0v) is 18.6. The smallest absolute Gasteiger partial charge is 0.338 e. The summed E-state index contributed by atoms with van der Waals surface area (Å²) in [5, 5.41) is 10.9. The number of piperidine rings is 1. The molecule has 1 aliphatic carbocycles. The van der Waals surface area contributed by atoms with E-state index in [0.717, 1.165) is 5.56 Å². The van der Waals surface area contributed by atoms with Crippen molar-refractivity contribution in [2.75, 3.05) is 6.54 Å². The lowest BCUT2D eigenvalue weighted by molar-refractivity contribution is -0.151. The van der Waals surface area contributed by atoms with E-state index < -0.39 is 21.6 Å². The van der Waals surface area contributed by atoms with Crippen LogP contribution in [0, 0.1) is 18.8 Å². The van der Waals surface area contributed by atoms with Gasteiger partial charge in [-0.2, -0.15) is 4.31 Å². The third-order valence-corrected chi connectivity index (χ3v) is 7.63. The van der Waals surface area contributed by atoms with E-state index in [9.17, 15) is 18.3 Å². The van der Waals surface area contributed by atoms with Gasteiger partial charge in [0.25, 0.3) is 0 Å². The Morgan fingerprint density at radius 2 is 1.83 bits per heavy atom. The van der Waals surface area contributed by atoms with E-state index >= 15 is 0 Å². The maximum Gasteiger partial charge on any atom is 0.338 e. The van der Waals surface area contributed by atoms with Gasteiger partial charge in [0.05, 0.1) is 10.5 Å². The number of aryl methyl sites for hydroxylation is 1. The Bertz CT molecular complexity index is 912. The SMILES string of the molecule is Cc1ccc(S(=O)(=O)N2CCC[C@@H]3C(O)=C(C(=O)OC(C)(C)C)[C@@H](C)C[C@@H]32)cc1. The molecule has 6 nitrogen and oxygen atoms in total. The fraction of sp³-hybridized carbons (Fsp3) is 0.591. The monoisotopic (exact) mass is 421 g/mol. The molecule has 160 valence electrons. The van der Waals surface area contributed by atoms with Crippen molar-refractivity contribution in [1.29, 1.82) is 0 Å². The van der Waals surface area contributed by atoms with E-state index in [1.54, 1.807) is 45.0 Å². The molecule has 7 heteroatoms. The number of aliphatic hydroxyl groups excluding tert-OH is 1. The molecule has 1 fully saturated rings. The first kappa shape index (κ1) is 21.8. The number of hydrogen-bond acceptors (Lipinski definition) is 5. The molecule has 0 saturated carbocycles. The average molecular weight is 422 g/mol. The lowest BCUT2D eigenvalue weighted by atomic mass is 9.74. The number of carbonyl (C=O) groups excluding carboxylic acids is 1. The van der Waals surface area contributed by atoms with Gasteiger partial charge in [-0.3, -0.25) is 0 Å². The molecule has 2 aliphatic rings. The highest BCUT2D eigenvalue weighted by Crippen LogP contribution is 2.43. The van der Waals surface area contributed by atoms with Gasteiger partial charge in [-0.15, -0.1) is 0 Å². The molecule has 0 bridgehead atoms. The maximum atomic E-state index is 13.3. The van der Waals surface area contributed by atoms with Gasteiger partial charge in [-0.05, 0) is 65.0 Å². The van der Waals surface area contributed by atoms with E-state index in [-0.39, 0.29) is 34.1 Å². The summed E-state index contributed by atoms with van der Waals surface area (Å²) in [6.07, 6.45) is 1.76. The quantitative estimate of drug-likeness (QED) is 0.747. The first-order chi connectivity index (χ1) is 13.4. The van der Waals surface area contributed by atoms with Crippen LogP contribution in [-0.4, -0.2) is 42.0 Å². The van der Waals surface area contributed by atoms with Crippen LogP contribution in [0.1, 0.15) is 52.5 Å². The minimum atomic E-state index is -3.68. The molecule has 1 heterocycles. The molecular weight excluding hydrogens is 390 g/mol. The first-order valence-electron chi connectivity index (χ1n) is 10.2. The molecule has 0 unspecified atom stereocenters. The van der Waals surface area contributed by atoms with Crippen molar-refractivity contribution in [1.82, 2.24) is 4.31 Å². The Kier molecular flexibility index (Phi) is 5.84. The second kappa shape index (κ2) is 7.76. The number of aliphatic hydroxyl groups is 1. The average Bonchev–Trinajstić information content (AvgIpc) is 2.60. The molecule has 1 aromatic rings. The molecule has 0 amide bonds. The summed E-state index contributed by atoms with van der Waals surface area (Å²) in [5.41, 5.74) is 0.624. The van der Waals surface area contributed by atoms with Gasteiger partial charge in [-0.1, -0.05) is 24.6 Å². The minimum absolute atomic E-state index is 0.00759. The van der Waals surface area contributed by atoms with E-state index in [2.05, 4.69) is 0 Å². The van der Waals surface area contributed by atoms with Crippen molar-refractivity contribution in [2.24, 2.45) is 11.8 Å². The van der Waals surface area contributed by atoms with Crippen LogP contribution in [0.5, 0.6) is 0 Å². The maximum absolute atomic E-state index is 13.3. The topological polar surface area (TPSA) is 83.9 Å². The third-order valence-electron chi connectivity index (χ3n) is 5.69. The normalized spacial score (nSPS) is 26.2. The Hall–Kier alpha value is -1.86. The molecule has 1 aliphatic heterocycles. The largest absolute Gasteiger partial charge is 0.511 e. The lowest BCUT2D eigenvalue weighted by Crippen LogP contribution is -2.52. The Balaban J connectivity index is 1.94. The van der Waals surface area contributed by atoms with Crippen molar-refractivity contribution in [3.05, 3.63) is 41.2 Å². The molecule has 0 spiro atoms. The third kappa shape index (κ3) is 4.36. The van der Waals surface area contributed by atoms with Crippen LogP contribution in [0.15, 0.2) is 40.5 Å². The van der Waals surface area contributed by atoms with E-state index in [1.165, 1.54) is 4.31 Å². The van der Waals surface area contributed by atoms with Gasteiger partial charge in [0.1, 0.15) is 11.4 Å². The van der Waals surface area contributed by atoms with Crippen molar-refractivity contribution < 1.29 is 23.1 Å². The van der Waals surface area contributed by atoms with Crippen LogP contribution in [0.2, 0.25) is 0 Å². The molecule has 29 heavy (non-hydrogen) atoms. The van der Waals surface area contributed by atoms with Crippen molar-refractivity contribution in [3.8, 4) is 0 Å². The van der Waals surface area contributed by atoms with E-state index in [4.69, 9.17) is 4.74 Å². The highest BCUT2D eigenvalue weighted by Gasteiger charge is 2.47. The number of rotatable bonds is 3. The van der Waals surface area contributed by atoms with Crippen molar-refractivity contribution in [2.45, 2.75) is 70.4 Å². The van der Waals surface area contributed by atoms with Gasteiger partial charge < -0.3 is 9.84 Å². The Morgan fingerprint density at radius 1 is 1.21 bits per heavy atom. The zero-order valence-electron chi connectivity index (χ0n) is 17.8. The van der Waals surface area contributed by atoms with Gasteiger partial charge >= 0.3 is 5.97 Å². The number of fused-ring (bicyclic) bond motifs is 1. The number of nitrogens with zero attached hydrogens (tertiary/aromatic N) is 1. The standard InChI is InChI=1S/C22H31NO5S/c1-14-8-10-16(11-9-14)29(26,27)23-12-6-7-17-18(23)13-15(2)19(20(17)24)21(25)28-22(3,4)5/h8-11,15,17-18,24H,6-7,12-13H2,1-5H3/t15-,17-,18-/m0/s1. The van der Waals surface area contributed by atoms with Crippen LogP contribution in [0.3, 0.4) is 0 Å². The minimum Gasteiger partial charge on any atom is -0.511 e. The number of carbonyl (C=O) groups is 1. The molecule has 0 aromatic heterocycles. The first-order valence-corrected chi connectivity index (χ1v) is 11.6. The molecule has 3 atom stereocenters. The molecule has 1 N–H and O–H groups in total. The van der Waals surface area contributed by atoms with Crippen LogP contribution in [0.4, 0.5) is 0 Å².